The number of amides is 1. The topological polar surface area (TPSA) is 58.4 Å². The van der Waals surface area contributed by atoms with Crippen molar-refractivity contribution < 1.29 is 4.79 Å². The van der Waals surface area contributed by atoms with E-state index in [1.807, 2.05) is 6.07 Å². The minimum absolute atomic E-state index is 0.396. The minimum Gasteiger partial charge on any atom is -0.369 e. The van der Waals surface area contributed by atoms with E-state index >= 15 is 0 Å². The number of nitrogens with one attached hydrogen (secondary N) is 1. The number of carbonyl (C=O) groups excluding carboxylic acids is 1. The van der Waals surface area contributed by atoms with Crippen LogP contribution in [0.2, 0.25) is 0 Å². The molecule has 19 heavy (non-hydrogen) atoms. The van der Waals surface area contributed by atoms with Crippen LogP contribution in [0.1, 0.15) is 30.1 Å². The molecular formula is C14H20BrN3O. The Morgan fingerprint density at radius 3 is 2.89 bits per heavy atom. The smallest absolute Gasteiger partial charge is 0.248 e. The van der Waals surface area contributed by atoms with Crippen LogP contribution in [0.15, 0.2) is 22.7 Å². The molecule has 2 rings (SSSR count). The molecule has 0 aliphatic carbocycles. The van der Waals surface area contributed by atoms with E-state index in [1.54, 1.807) is 12.1 Å². The monoisotopic (exact) mass is 325 g/mol. The first-order chi connectivity index (χ1) is 9.11. The van der Waals surface area contributed by atoms with Gasteiger partial charge in [-0.1, -0.05) is 0 Å². The molecule has 104 valence electrons. The second-order valence-electron chi connectivity index (χ2n) is 4.86. The fourth-order valence-electron chi connectivity index (χ4n) is 2.49. The van der Waals surface area contributed by atoms with Crippen LogP contribution in [-0.2, 0) is 0 Å². The van der Waals surface area contributed by atoms with E-state index in [0.717, 1.165) is 29.8 Å². The highest BCUT2D eigenvalue weighted by Gasteiger charge is 2.19. The fraction of sp³-hybridized carbons (Fsp3) is 0.500. The van der Waals surface area contributed by atoms with Crippen molar-refractivity contribution in [2.24, 2.45) is 5.73 Å². The van der Waals surface area contributed by atoms with Gasteiger partial charge in [0.2, 0.25) is 5.91 Å². The van der Waals surface area contributed by atoms with E-state index in [9.17, 15) is 4.79 Å². The standard InChI is InChI=1S/C14H20BrN3O/c1-2-18(9-11-4-3-7-17-11)13-6-5-10(14(16)19)8-12(13)15/h5-6,8,11,17H,2-4,7,9H2,1H3,(H2,16,19). The van der Waals surface area contributed by atoms with Gasteiger partial charge < -0.3 is 16.0 Å². The van der Waals surface area contributed by atoms with E-state index in [0.29, 0.717) is 11.6 Å². The summed E-state index contributed by atoms with van der Waals surface area (Å²) in [6.07, 6.45) is 2.48. The molecule has 5 heteroatoms. The Morgan fingerprint density at radius 2 is 2.37 bits per heavy atom. The summed E-state index contributed by atoms with van der Waals surface area (Å²) in [4.78, 5) is 13.5. The van der Waals surface area contributed by atoms with Gasteiger partial charge in [-0.3, -0.25) is 4.79 Å². The number of likely N-dealkylation sites (N-methyl/N-ethyl adjacent to an activating group) is 1. The van der Waals surface area contributed by atoms with E-state index in [2.05, 4.69) is 33.1 Å². The van der Waals surface area contributed by atoms with Crippen LogP contribution in [0.25, 0.3) is 0 Å². The lowest BCUT2D eigenvalue weighted by Gasteiger charge is -2.27. The Hall–Kier alpha value is -1.07. The Labute approximate surface area is 122 Å². The number of hydrogen-bond donors (Lipinski definition) is 2. The molecule has 1 aromatic carbocycles. The molecule has 1 aliphatic rings. The van der Waals surface area contributed by atoms with Crippen molar-refractivity contribution in [3.8, 4) is 0 Å². The number of benzene rings is 1. The third-order valence-electron chi connectivity index (χ3n) is 3.56. The fourth-order valence-corrected chi connectivity index (χ4v) is 3.12. The van der Waals surface area contributed by atoms with Crippen molar-refractivity contribution in [2.75, 3.05) is 24.5 Å². The van der Waals surface area contributed by atoms with Gasteiger partial charge in [0, 0.05) is 29.2 Å². The number of nitrogens with zero attached hydrogens (tertiary/aromatic N) is 1. The molecule has 4 nitrogen and oxygen atoms in total. The second-order valence-corrected chi connectivity index (χ2v) is 5.72. The molecule has 1 aliphatic heterocycles. The zero-order valence-corrected chi connectivity index (χ0v) is 12.7. The molecule has 1 unspecified atom stereocenters. The molecule has 1 aromatic rings. The summed E-state index contributed by atoms with van der Waals surface area (Å²) in [5.74, 6) is -0.396. The Bertz CT molecular complexity index is 458. The number of hydrogen-bond acceptors (Lipinski definition) is 3. The normalized spacial score (nSPS) is 18.5. The lowest BCUT2D eigenvalue weighted by Crippen LogP contribution is -2.37. The van der Waals surface area contributed by atoms with Crippen LogP contribution in [0.5, 0.6) is 0 Å². The number of primary amides is 1. The summed E-state index contributed by atoms with van der Waals surface area (Å²) < 4.78 is 0.920. The van der Waals surface area contributed by atoms with Gasteiger partial charge in [-0.05, 0) is 60.4 Å². The maximum absolute atomic E-state index is 11.2. The third kappa shape index (κ3) is 3.48. The van der Waals surface area contributed by atoms with E-state index < -0.39 is 5.91 Å². The first kappa shape index (κ1) is 14.3. The van der Waals surface area contributed by atoms with Gasteiger partial charge in [0.1, 0.15) is 0 Å². The number of rotatable bonds is 5. The average Bonchev–Trinajstić information content (AvgIpc) is 2.89. The summed E-state index contributed by atoms with van der Waals surface area (Å²) in [5.41, 5.74) is 6.94. The first-order valence-electron chi connectivity index (χ1n) is 6.69. The van der Waals surface area contributed by atoms with Crippen LogP contribution in [0.3, 0.4) is 0 Å². The van der Waals surface area contributed by atoms with Crippen LogP contribution in [0.4, 0.5) is 5.69 Å². The quantitative estimate of drug-likeness (QED) is 0.871. The summed E-state index contributed by atoms with van der Waals surface area (Å²) >= 11 is 3.54. The summed E-state index contributed by atoms with van der Waals surface area (Å²) in [7, 11) is 0. The third-order valence-corrected chi connectivity index (χ3v) is 4.19. The van der Waals surface area contributed by atoms with Crippen LogP contribution < -0.4 is 16.0 Å². The van der Waals surface area contributed by atoms with Crippen LogP contribution >= 0.6 is 15.9 Å². The predicted molar refractivity (Wildman–Crippen MR) is 81.6 cm³/mol. The van der Waals surface area contributed by atoms with E-state index in [-0.39, 0.29) is 0 Å². The van der Waals surface area contributed by atoms with Gasteiger partial charge >= 0.3 is 0 Å². The molecule has 1 saturated heterocycles. The molecule has 1 amide bonds. The Morgan fingerprint density at radius 1 is 1.58 bits per heavy atom. The zero-order chi connectivity index (χ0) is 13.8. The van der Waals surface area contributed by atoms with Gasteiger partial charge in [0.25, 0.3) is 0 Å². The van der Waals surface area contributed by atoms with Crippen molar-refractivity contribution in [1.82, 2.24) is 5.32 Å². The predicted octanol–water partition coefficient (Wildman–Crippen LogP) is 2.13. The molecule has 1 fully saturated rings. The van der Waals surface area contributed by atoms with Gasteiger partial charge in [-0.2, -0.15) is 0 Å². The van der Waals surface area contributed by atoms with Crippen LogP contribution in [0, 0.1) is 0 Å². The Kier molecular flexibility index (Phi) is 4.82. The molecule has 0 radical (unpaired) electrons. The van der Waals surface area contributed by atoms with Gasteiger partial charge in [0.15, 0.2) is 0 Å². The molecule has 0 saturated carbocycles. The number of carbonyl (C=O) groups is 1. The number of anilines is 1. The molecule has 1 atom stereocenters. The van der Waals surface area contributed by atoms with Gasteiger partial charge in [-0.15, -0.1) is 0 Å². The van der Waals surface area contributed by atoms with Crippen molar-refractivity contribution in [3.05, 3.63) is 28.2 Å². The maximum atomic E-state index is 11.2. The molecule has 0 aromatic heterocycles. The summed E-state index contributed by atoms with van der Waals surface area (Å²) in [6.45, 7) is 5.19. The summed E-state index contributed by atoms with van der Waals surface area (Å²) in [5, 5.41) is 3.51. The lowest BCUT2D eigenvalue weighted by molar-refractivity contribution is 0.100. The molecule has 3 N–H and O–H groups in total. The molecular weight excluding hydrogens is 306 g/mol. The van der Waals surface area contributed by atoms with Crippen molar-refractivity contribution in [2.45, 2.75) is 25.8 Å². The highest BCUT2D eigenvalue weighted by Crippen LogP contribution is 2.28. The first-order valence-corrected chi connectivity index (χ1v) is 7.48. The number of halogens is 1. The van der Waals surface area contributed by atoms with E-state index in [1.165, 1.54) is 12.8 Å². The second kappa shape index (κ2) is 6.39. The Balaban J connectivity index is 2.15. The van der Waals surface area contributed by atoms with E-state index in [4.69, 9.17) is 5.73 Å². The summed E-state index contributed by atoms with van der Waals surface area (Å²) in [6, 6.07) is 6.10. The highest BCUT2D eigenvalue weighted by molar-refractivity contribution is 9.10. The SMILES string of the molecule is CCN(CC1CCCN1)c1ccc(C(N)=O)cc1Br. The van der Waals surface area contributed by atoms with Crippen LogP contribution in [-0.4, -0.2) is 31.6 Å². The largest absolute Gasteiger partial charge is 0.369 e. The maximum Gasteiger partial charge on any atom is 0.248 e. The van der Waals surface area contributed by atoms with Crippen molar-refractivity contribution >= 4 is 27.5 Å². The lowest BCUT2D eigenvalue weighted by atomic mass is 10.1. The molecule has 0 spiro atoms. The minimum atomic E-state index is -0.396. The van der Waals surface area contributed by atoms with Gasteiger partial charge in [0.05, 0.1) is 5.69 Å². The zero-order valence-electron chi connectivity index (χ0n) is 11.2. The number of nitrogens with two attached hydrogens (primary N) is 1. The van der Waals surface area contributed by atoms with Crippen molar-refractivity contribution in [1.29, 1.82) is 0 Å². The highest BCUT2D eigenvalue weighted by atomic mass is 79.9. The average molecular weight is 326 g/mol. The van der Waals surface area contributed by atoms with Gasteiger partial charge in [-0.25, -0.2) is 0 Å². The molecule has 0 bridgehead atoms. The van der Waals surface area contributed by atoms with Crippen molar-refractivity contribution in [3.63, 3.8) is 0 Å². The molecule has 1 heterocycles.